The molecule has 0 aliphatic carbocycles. The molecule has 0 fully saturated rings. The first kappa shape index (κ1) is 17.2. The fourth-order valence-corrected chi connectivity index (χ4v) is 2.06. The van der Waals surface area contributed by atoms with Gasteiger partial charge >= 0.3 is 0 Å². The summed E-state index contributed by atoms with van der Waals surface area (Å²) in [7, 11) is 1.87. The Labute approximate surface area is 130 Å². The van der Waals surface area contributed by atoms with Gasteiger partial charge in [0.05, 0.1) is 5.56 Å². The molecular formula is C11H15BrClIN2O. The number of amides is 1. The minimum atomic E-state index is -0.0344. The maximum Gasteiger partial charge on any atom is 0.252 e. The van der Waals surface area contributed by atoms with E-state index in [0.717, 1.165) is 8.04 Å². The molecule has 0 aromatic heterocycles. The molecule has 0 saturated carbocycles. The monoisotopic (exact) mass is 432 g/mol. The second kappa shape index (κ2) is 8.29. The molecule has 0 heterocycles. The van der Waals surface area contributed by atoms with Crippen molar-refractivity contribution in [3.8, 4) is 0 Å². The highest BCUT2D eigenvalue weighted by Gasteiger charge is 2.10. The van der Waals surface area contributed by atoms with Crippen LogP contribution < -0.4 is 10.6 Å². The Morgan fingerprint density at radius 1 is 1.53 bits per heavy atom. The van der Waals surface area contributed by atoms with Crippen LogP contribution in [-0.4, -0.2) is 25.5 Å². The largest absolute Gasteiger partial charge is 0.350 e. The Kier molecular flexibility index (Phi) is 8.36. The van der Waals surface area contributed by atoms with Crippen molar-refractivity contribution in [3.63, 3.8) is 0 Å². The first-order chi connectivity index (χ1) is 7.54. The number of likely N-dealkylation sites (N-methyl/N-ethyl adjacent to an activating group) is 1. The minimum Gasteiger partial charge on any atom is -0.350 e. The van der Waals surface area contributed by atoms with E-state index in [1.165, 1.54) is 0 Å². The van der Waals surface area contributed by atoms with Crippen LogP contribution in [0, 0.1) is 3.57 Å². The average Bonchev–Trinajstić information content (AvgIpc) is 2.28. The lowest BCUT2D eigenvalue weighted by molar-refractivity contribution is 0.0949. The van der Waals surface area contributed by atoms with Gasteiger partial charge < -0.3 is 10.6 Å². The number of hydrogen-bond donors (Lipinski definition) is 2. The third-order valence-electron chi connectivity index (χ3n) is 2.23. The molecule has 0 radical (unpaired) electrons. The van der Waals surface area contributed by atoms with Gasteiger partial charge in [-0.05, 0) is 54.8 Å². The summed E-state index contributed by atoms with van der Waals surface area (Å²) < 4.78 is 1.87. The van der Waals surface area contributed by atoms with Crippen molar-refractivity contribution in [1.29, 1.82) is 0 Å². The first-order valence-electron chi connectivity index (χ1n) is 4.95. The number of rotatable bonds is 4. The van der Waals surface area contributed by atoms with E-state index in [2.05, 4.69) is 49.2 Å². The molecule has 0 saturated heterocycles. The smallest absolute Gasteiger partial charge is 0.252 e. The quantitative estimate of drug-likeness (QED) is 0.717. The number of hydrogen-bond acceptors (Lipinski definition) is 2. The number of nitrogens with one attached hydrogen (secondary N) is 2. The van der Waals surface area contributed by atoms with Gasteiger partial charge in [-0.1, -0.05) is 15.9 Å². The van der Waals surface area contributed by atoms with Gasteiger partial charge in [-0.15, -0.1) is 12.4 Å². The van der Waals surface area contributed by atoms with Crippen LogP contribution in [0.25, 0.3) is 0 Å². The van der Waals surface area contributed by atoms with Gasteiger partial charge in [0.15, 0.2) is 0 Å². The van der Waals surface area contributed by atoms with Crippen LogP contribution in [-0.2, 0) is 0 Å². The van der Waals surface area contributed by atoms with Gasteiger partial charge in [-0.25, -0.2) is 0 Å². The molecule has 1 unspecified atom stereocenters. The summed E-state index contributed by atoms with van der Waals surface area (Å²) >= 11 is 5.52. The van der Waals surface area contributed by atoms with Gasteiger partial charge in [0.2, 0.25) is 0 Å². The molecule has 1 aromatic carbocycles. The van der Waals surface area contributed by atoms with Crippen LogP contribution >= 0.6 is 50.9 Å². The lowest BCUT2D eigenvalue weighted by atomic mass is 10.2. The summed E-state index contributed by atoms with van der Waals surface area (Å²) in [4.78, 5) is 11.9. The van der Waals surface area contributed by atoms with Crippen LogP contribution in [0.1, 0.15) is 17.3 Å². The van der Waals surface area contributed by atoms with Crippen LogP contribution in [0.3, 0.4) is 0 Å². The topological polar surface area (TPSA) is 41.1 Å². The molecule has 1 rings (SSSR count). The third-order valence-corrected chi connectivity index (χ3v) is 3.67. The third kappa shape index (κ3) is 5.54. The van der Waals surface area contributed by atoms with E-state index in [0.29, 0.717) is 12.1 Å². The number of halogens is 3. The summed E-state index contributed by atoms with van der Waals surface area (Å²) in [6, 6.07) is 5.95. The fraction of sp³-hybridized carbons (Fsp3) is 0.364. The van der Waals surface area contributed by atoms with Crippen molar-refractivity contribution in [2.24, 2.45) is 0 Å². The first-order valence-corrected chi connectivity index (χ1v) is 6.82. The van der Waals surface area contributed by atoms with Crippen molar-refractivity contribution < 1.29 is 4.79 Å². The predicted molar refractivity (Wildman–Crippen MR) is 85.0 cm³/mol. The number of carbonyl (C=O) groups excluding carboxylic acids is 1. The van der Waals surface area contributed by atoms with E-state index in [-0.39, 0.29) is 24.4 Å². The molecule has 96 valence electrons. The summed E-state index contributed by atoms with van der Waals surface area (Å²) in [6.45, 7) is 2.64. The molecule has 3 nitrogen and oxygen atoms in total. The molecule has 0 aliphatic heterocycles. The Hall–Kier alpha value is 0.150. The zero-order valence-corrected chi connectivity index (χ0v) is 14.1. The van der Waals surface area contributed by atoms with Gasteiger partial charge in [-0.3, -0.25) is 4.79 Å². The summed E-state index contributed by atoms with van der Waals surface area (Å²) in [6.07, 6.45) is 0. The molecule has 0 spiro atoms. The second-order valence-electron chi connectivity index (χ2n) is 3.52. The van der Waals surface area contributed by atoms with Crippen molar-refractivity contribution in [3.05, 3.63) is 31.8 Å². The van der Waals surface area contributed by atoms with Crippen LogP contribution in [0.15, 0.2) is 22.7 Å². The highest BCUT2D eigenvalue weighted by Crippen LogP contribution is 2.18. The van der Waals surface area contributed by atoms with Gasteiger partial charge in [0, 0.05) is 20.6 Å². The second-order valence-corrected chi connectivity index (χ2v) is 5.60. The lowest BCUT2D eigenvalue weighted by Crippen LogP contribution is -2.37. The molecule has 17 heavy (non-hydrogen) atoms. The average molecular weight is 434 g/mol. The Morgan fingerprint density at radius 2 is 2.18 bits per heavy atom. The SMILES string of the molecule is CNC(C)CNC(=O)c1cc(Br)ccc1I.Cl. The predicted octanol–water partition coefficient (Wildman–Crippen LogP) is 2.81. The normalized spacial score (nSPS) is 11.5. The van der Waals surface area contributed by atoms with E-state index in [4.69, 9.17) is 0 Å². The van der Waals surface area contributed by atoms with E-state index in [1.54, 1.807) is 0 Å². The molecule has 0 aliphatic rings. The zero-order valence-electron chi connectivity index (χ0n) is 9.59. The van der Waals surface area contributed by atoms with Crippen molar-refractivity contribution in [1.82, 2.24) is 10.6 Å². The summed E-state index contributed by atoms with van der Waals surface area (Å²) in [5.74, 6) is -0.0344. The highest BCUT2D eigenvalue weighted by atomic mass is 127. The van der Waals surface area contributed by atoms with Crippen LogP contribution in [0.4, 0.5) is 0 Å². The number of carbonyl (C=O) groups is 1. The Bertz CT molecular complexity index is 390. The maximum absolute atomic E-state index is 11.9. The molecule has 0 bridgehead atoms. The van der Waals surface area contributed by atoms with Crippen molar-refractivity contribution >= 4 is 56.8 Å². The standard InChI is InChI=1S/C11H14BrIN2O.ClH/c1-7(14-2)6-15-11(16)9-5-8(12)3-4-10(9)13;/h3-5,7,14H,6H2,1-2H3,(H,15,16);1H. The van der Waals surface area contributed by atoms with Crippen LogP contribution in [0.5, 0.6) is 0 Å². The molecule has 1 amide bonds. The van der Waals surface area contributed by atoms with Gasteiger partial charge in [0.1, 0.15) is 0 Å². The Morgan fingerprint density at radius 3 is 2.76 bits per heavy atom. The highest BCUT2D eigenvalue weighted by molar-refractivity contribution is 14.1. The van der Waals surface area contributed by atoms with Crippen LogP contribution in [0.2, 0.25) is 0 Å². The minimum absolute atomic E-state index is 0. The Balaban J connectivity index is 0.00000256. The zero-order chi connectivity index (χ0) is 12.1. The maximum atomic E-state index is 11.9. The van der Waals surface area contributed by atoms with E-state index < -0.39 is 0 Å². The van der Waals surface area contributed by atoms with Gasteiger partial charge in [0.25, 0.3) is 5.91 Å². The lowest BCUT2D eigenvalue weighted by Gasteiger charge is -2.12. The molecule has 1 atom stereocenters. The van der Waals surface area contributed by atoms with Crippen molar-refractivity contribution in [2.45, 2.75) is 13.0 Å². The van der Waals surface area contributed by atoms with E-state index in [1.807, 2.05) is 32.2 Å². The van der Waals surface area contributed by atoms with Crippen molar-refractivity contribution in [2.75, 3.05) is 13.6 Å². The molecule has 1 aromatic rings. The van der Waals surface area contributed by atoms with E-state index >= 15 is 0 Å². The van der Waals surface area contributed by atoms with E-state index in [9.17, 15) is 4.79 Å². The van der Waals surface area contributed by atoms with Gasteiger partial charge in [-0.2, -0.15) is 0 Å². The summed E-state index contributed by atoms with van der Waals surface area (Å²) in [5, 5.41) is 5.96. The molecule has 2 N–H and O–H groups in total. The number of benzene rings is 1. The molecule has 6 heteroatoms. The molecular weight excluding hydrogens is 418 g/mol. The summed E-state index contributed by atoms with van der Waals surface area (Å²) in [5.41, 5.74) is 0.707. The fourth-order valence-electron chi connectivity index (χ4n) is 1.11.